The number of piperidine rings is 1. The average Bonchev–Trinajstić information content (AvgIpc) is 2.49. The molecule has 0 unspecified atom stereocenters. The van der Waals surface area contributed by atoms with Crippen molar-refractivity contribution >= 4 is 11.5 Å². The third kappa shape index (κ3) is 4.64. The van der Waals surface area contributed by atoms with E-state index in [1.807, 2.05) is 0 Å². The van der Waals surface area contributed by atoms with Gasteiger partial charge in [-0.25, -0.2) is 4.98 Å². The number of nitrogens with one attached hydrogen (secondary N) is 1. The summed E-state index contributed by atoms with van der Waals surface area (Å²) in [5.41, 5.74) is 0.706. The van der Waals surface area contributed by atoms with Crippen molar-refractivity contribution < 1.29 is 9.66 Å². The lowest BCUT2D eigenvalue weighted by Crippen LogP contribution is -2.39. The lowest BCUT2D eigenvalue weighted by molar-refractivity contribution is -0.385. The summed E-state index contributed by atoms with van der Waals surface area (Å²) in [4.78, 5) is 17.0. The number of hydrogen-bond donors (Lipinski definition) is 1. The number of nitro groups is 1. The number of aromatic nitrogens is 1. The van der Waals surface area contributed by atoms with Crippen molar-refractivity contribution in [2.75, 3.05) is 38.7 Å². The predicted molar refractivity (Wildman–Crippen MR) is 85.2 cm³/mol. The van der Waals surface area contributed by atoms with Crippen LogP contribution in [0.5, 0.6) is 0 Å². The summed E-state index contributed by atoms with van der Waals surface area (Å²) in [6, 6.07) is 2.13. The smallest absolute Gasteiger partial charge is 0.290 e. The van der Waals surface area contributed by atoms with Gasteiger partial charge in [-0.05, 0) is 32.3 Å². The molecule has 122 valence electrons. The van der Waals surface area contributed by atoms with Crippen molar-refractivity contribution in [2.45, 2.75) is 32.2 Å². The summed E-state index contributed by atoms with van der Waals surface area (Å²) in [6.07, 6.45) is 4.52. The molecule has 1 fully saturated rings. The highest BCUT2D eigenvalue weighted by Crippen LogP contribution is 2.21. The van der Waals surface area contributed by atoms with Crippen LogP contribution in [-0.2, 0) is 4.74 Å². The van der Waals surface area contributed by atoms with Crippen LogP contribution in [0.4, 0.5) is 11.5 Å². The van der Waals surface area contributed by atoms with E-state index < -0.39 is 4.92 Å². The Bertz CT molecular complexity index is 502. The van der Waals surface area contributed by atoms with Crippen molar-refractivity contribution in [3.05, 3.63) is 27.9 Å². The standard InChI is InChI=1S/C15H24N4O3/c1-12-10-15(16-11-14(12)19(20)21)17-13-4-7-18(8-5-13)6-3-9-22-2/h10-11,13H,3-9H2,1-2H3,(H,16,17). The van der Waals surface area contributed by atoms with Gasteiger partial charge in [0.05, 0.1) is 4.92 Å². The van der Waals surface area contributed by atoms with E-state index in [2.05, 4.69) is 15.2 Å². The second-order valence-electron chi connectivity index (χ2n) is 5.72. The Morgan fingerprint density at radius 3 is 2.82 bits per heavy atom. The first-order valence-corrected chi connectivity index (χ1v) is 7.69. The van der Waals surface area contributed by atoms with Gasteiger partial charge < -0.3 is 15.0 Å². The van der Waals surface area contributed by atoms with Crippen molar-refractivity contribution in [2.24, 2.45) is 0 Å². The minimum Gasteiger partial charge on any atom is -0.385 e. The topological polar surface area (TPSA) is 80.5 Å². The number of hydrogen-bond acceptors (Lipinski definition) is 6. The molecule has 0 radical (unpaired) electrons. The Labute approximate surface area is 130 Å². The van der Waals surface area contributed by atoms with Crippen LogP contribution in [0.25, 0.3) is 0 Å². The highest BCUT2D eigenvalue weighted by molar-refractivity contribution is 5.47. The summed E-state index contributed by atoms with van der Waals surface area (Å²) < 4.78 is 5.08. The third-order valence-corrected chi connectivity index (χ3v) is 4.04. The molecular formula is C15H24N4O3. The summed E-state index contributed by atoms with van der Waals surface area (Å²) in [5.74, 6) is 0.723. The summed E-state index contributed by atoms with van der Waals surface area (Å²) >= 11 is 0. The van der Waals surface area contributed by atoms with Crippen LogP contribution in [-0.4, -0.2) is 54.2 Å². The number of rotatable bonds is 7. The zero-order chi connectivity index (χ0) is 15.9. The molecule has 1 aliphatic heterocycles. The van der Waals surface area contributed by atoms with Gasteiger partial charge >= 0.3 is 0 Å². The molecule has 0 saturated carbocycles. The van der Waals surface area contributed by atoms with Crippen LogP contribution in [0.15, 0.2) is 12.3 Å². The van der Waals surface area contributed by atoms with E-state index in [-0.39, 0.29) is 5.69 Å². The molecule has 2 heterocycles. The molecule has 7 heteroatoms. The normalized spacial score (nSPS) is 16.6. The van der Waals surface area contributed by atoms with Crippen LogP contribution < -0.4 is 5.32 Å². The number of nitrogens with zero attached hydrogens (tertiary/aromatic N) is 3. The number of anilines is 1. The van der Waals surface area contributed by atoms with Crippen molar-refractivity contribution in [1.82, 2.24) is 9.88 Å². The second-order valence-corrected chi connectivity index (χ2v) is 5.72. The minimum atomic E-state index is -0.398. The largest absolute Gasteiger partial charge is 0.385 e. The predicted octanol–water partition coefficient (Wildman–Crippen LogP) is 2.21. The zero-order valence-corrected chi connectivity index (χ0v) is 13.2. The molecule has 1 N–H and O–H groups in total. The number of likely N-dealkylation sites (tertiary alicyclic amines) is 1. The fourth-order valence-corrected chi connectivity index (χ4v) is 2.76. The minimum absolute atomic E-state index is 0.0681. The Balaban J connectivity index is 1.81. The fraction of sp³-hybridized carbons (Fsp3) is 0.667. The van der Waals surface area contributed by atoms with E-state index in [1.54, 1.807) is 20.1 Å². The van der Waals surface area contributed by atoms with Crippen molar-refractivity contribution in [3.63, 3.8) is 0 Å². The first kappa shape index (κ1) is 16.6. The maximum absolute atomic E-state index is 10.8. The van der Waals surface area contributed by atoms with Crippen LogP contribution in [0.2, 0.25) is 0 Å². The van der Waals surface area contributed by atoms with Gasteiger partial charge in [-0.3, -0.25) is 10.1 Å². The highest BCUT2D eigenvalue weighted by atomic mass is 16.6. The van der Waals surface area contributed by atoms with Gasteiger partial charge in [0.1, 0.15) is 12.0 Å². The van der Waals surface area contributed by atoms with Gasteiger partial charge in [0.15, 0.2) is 0 Å². The second kappa shape index (κ2) is 8.05. The quantitative estimate of drug-likeness (QED) is 0.472. The maximum atomic E-state index is 10.8. The maximum Gasteiger partial charge on any atom is 0.290 e. The molecule has 0 aromatic carbocycles. The Hall–Kier alpha value is -1.73. The van der Waals surface area contributed by atoms with E-state index in [0.29, 0.717) is 11.6 Å². The van der Waals surface area contributed by atoms with E-state index in [0.717, 1.165) is 51.3 Å². The molecule has 7 nitrogen and oxygen atoms in total. The molecule has 0 amide bonds. The Morgan fingerprint density at radius 1 is 1.50 bits per heavy atom. The van der Waals surface area contributed by atoms with Crippen molar-refractivity contribution in [1.29, 1.82) is 0 Å². The lowest BCUT2D eigenvalue weighted by atomic mass is 10.0. The van der Waals surface area contributed by atoms with Crippen LogP contribution in [0.1, 0.15) is 24.8 Å². The monoisotopic (exact) mass is 308 g/mol. The van der Waals surface area contributed by atoms with Crippen LogP contribution >= 0.6 is 0 Å². The number of pyridine rings is 1. The van der Waals surface area contributed by atoms with Crippen molar-refractivity contribution in [3.8, 4) is 0 Å². The molecule has 0 spiro atoms. The SMILES string of the molecule is COCCCN1CCC(Nc2cc(C)c([N+](=O)[O-])cn2)CC1. The van der Waals surface area contributed by atoms with E-state index >= 15 is 0 Å². The molecule has 1 aromatic heterocycles. The molecular weight excluding hydrogens is 284 g/mol. The van der Waals surface area contributed by atoms with Crippen LogP contribution in [0, 0.1) is 17.0 Å². The molecule has 2 rings (SSSR count). The van der Waals surface area contributed by atoms with Crippen LogP contribution in [0.3, 0.4) is 0 Å². The molecule has 0 bridgehead atoms. The fourth-order valence-electron chi connectivity index (χ4n) is 2.76. The number of methoxy groups -OCH3 is 1. The molecule has 1 aliphatic rings. The van der Waals surface area contributed by atoms with Gasteiger partial charge in [-0.15, -0.1) is 0 Å². The third-order valence-electron chi connectivity index (χ3n) is 4.04. The van der Waals surface area contributed by atoms with Gasteiger partial charge in [0, 0.05) is 45.0 Å². The molecule has 0 aliphatic carbocycles. The van der Waals surface area contributed by atoms with Gasteiger partial charge in [-0.2, -0.15) is 0 Å². The molecule has 1 aromatic rings. The average molecular weight is 308 g/mol. The summed E-state index contributed by atoms with van der Waals surface area (Å²) in [6.45, 7) is 5.75. The zero-order valence-electron chi connectivity index (χ0n) is 13.2. The van der Waals surface area contributed by atoms with Gasteiger partial charge in [0.2, 0.25) is 0 Å². The Kier molecular flexibility index (Phi) is 6.09. The molecule has 1 saturated heterocycles. The summed E-state index contributed by atoms with van der Waals surface area (Å²) in [5, 5.41) is 14.2. The molecule has 22 heavy (non-hydrogen) atoms. The number of aryl methyl sites for hydroxylation is 1. The Morgan fingerprint density at radius 2 is 2.23 bits per heavy atom. The van der Waals surface area contributed by atoms with E-state index in [1.165, 1.54) is 6.20 Å². The van der Waals surface area contributed by atoms with E-state index in [9.17, 15) is 10.1 Å². The summed E-state index contributed by atoms with van der Waals surface area (Å²) in [7, 11) is 1.73. The first-order chi connectivity index (χ1) is 10.6. The van der Waals surface area contributed by atoms with Gasteiger partial charge in [-0.1, -0.05) is 0 Å². The van der Waals surface area contributed by atoms with Gasteiger partial charge in [0.25, 0.3) is 5.69 Å². The highest BCUT2D eigenvalue weighted by Gasteiger charge is 2.20. The van der Waals surface area contributed by atoms with E-state index in [4.69, 9.17) is 4.74 Å². The number of ether oxygens (including phenoxy) is 1. The lowest BCUT2D eigenvalue weighted by Gasteiger charge is -2.32. The first-order valence-electron chi connectivity index (χ1n) is 7.69. The molecule has 0 atom stereocenters.